The average molecular weight is 272 g/mol. The lowest BCUT2D eigenvalue weighted by molar-refractivity contribution is -0.133. The van der Waals surface area contributed by atoms with E-state index in [0.717, 1.165) is 31.7 Å². The monoisotopic (exact) mass is 272 g/mol. The Labute approximate surface area is 112 Å². The van der Waals surface area contributed by atoms with Crippen LogP contribution in [0.15, 0.2) is 0 Å². The van der Waals surface area contributed by atoms with Gasteiger partial charge in [0.25, 0.3) is 5.24 Å². The number of piperidine rings is 1. The number of aliphatic hydroxyl groups excluding tert-OH is 1. The second kappa shape index (κ2) is 6.43. The van der Waals surface area contributed by atoms with Crippen molar-refractivity contribution >= 4 is 22.9 Å². The van der Waals surface area contributed by atoms with Gasteiger partial charge in [-0.2, -0.15) is 0 Å². The number of aliphatic hydroxyl groups is 1. The first-order valence-electron chi connectivity index (χ1n) is 6.51. The molecule has 0 aromatic rings. The molecule has 2 aliphatic heterocycles. The Morgan fingerprint density at radius 3 is 2.94 bits per heavy atom. The fourth-order valence-electron chi connectivity index (χ4n) is 2.46. The van der Waals surface area contributed by atoms with Crippen molar-refractivity contribution in [3.05, 3.63) is 0 Å². The molecule has 0 spiro atoms. The lowest BCUT2D eigenvalue weighted by Crippen LogP contribution is -2.42. The van der Waals surface area contributed by atoms with Crippen molar-refractivity contribution in [2.24, 2.45) is 5.92 Å². The summed E-state index contributed by atoms with van der Waals surface area (Å²) in [6.45, 7) is 2.90. The number of carbonyl (C=O) groups is 2. The molecule has 1 unspecified atom stereocenters. The maximum absolute atomic E-state index is 12.0. The highest BCUT2D eigenvalue weighted by Gasteiger charge is 2.25. The van der Waals surface area contributed by atoms with Gasteiger partial charge in [-0.05, 0) is 18.8 Å². The second-order valence-electron chi connectivity index (χ2n) is 4.88. The van der Waals surface area contributed by atoms with Crippen LogP contribution in [0.3, 0.4) is 0 Å². The summed E-state index contributed by atoms with van der Waals surface area (Å²) in [7, 11) is 0. The minimum absolute atomic E-state index is 0.0923. The third-order valence-corrected chi connectivity index (χ3v) is 4.46. The molecule has 0 aliphatic carbocycles. The molecule has 2 aliphatic rings. The normalized spacial score (nSPS) is 24.7. The maximum Gasteiger partial charge on any atom is 0.281 e. The third kappa shape index (κ3) is 3.38. The molecule has 2 fully saturated rings. The van der Waals surface area contributed by atoms with Gasteiger partial charge in [-0.1, -0.05) is 11.8 Å². The van der Waals surface area contributed by atoms with Crippen molar-refractivity contribution < 1.29 is 14.7 Å². The van der Waals surface area contributed by atoms with Gasteiger partial charge in [0, 0.05) is 45.0 Å². The Balaban J connectivity index is 1.75. The van der Waals surface area contributed by atoms with Crippen molar-refractivity contribution in [3.8, 4) is 0 Å². The van der Waals surface area contributed by atoms with Crippen LogP contribution in [0.1, 0.15) is 19.3 Å². The van der Waals surface area contributed by atoms with E-state index in [2.05, 4.69) is 0 Å². The molecule has 1 N–H and O–H groups in total. The van der Waals surface area contributed by atoms with Gasteiger partial charge >= 0.3 is 0 Å². The van der Waals surface area contributed by atoms with E-state index in [9.17, 15) is 9.59 Å². The minimum atomic E-state index is 0.0923. The van der Waals surface area contributed by atoms with Crippen LogP contribution in [-0.4, -0.2) is 64.6 Å². The number of nitrogens with zero attached hydrogens (tertiary/aromatic N) is 2. The van der Waals surface area contributed by atoms with E-state index >= 15 is 0 Å². The number of likely N-dealkylation sites (tertiary alicyclic amines) is 1. The summed E-state index contributed by atoms with van der Waals surface area (Å²) in [5.74, 6) is 1.17. The van der Waals surface area contributed by atoms with E-state index in [1.807, 2.05) is 4.90 Å². The Kier molecular flexibility index (Phi) is 4.88. The predicted molar refractivity (Wildman–Crippen MR) is 70.4 cm³/mol. The quantitative estimate of drug-likeness (QED) is 0.821. The van der Waals surface area contributed by atoms with Crippen LogP contribution in [-0.2, 0) is 4.79 Å². The van der Waals surface area contributed by atoms with Crippen molar-refractivity contribution in [2.75, 3.05) is 38.5 Å². The third-order valence-electron chi connectivity index (χ3n) is 3.57. The van der Waals surface area contributed by atoms with Gasteiger partial charge in [0.15, 0.2) is 0 Å². The standard InChI is InChI=1S/C12H20N2O3S/c15-9-10-2-1-4-14(8-10)11(16)3-5-13-6-7-18-12(13)17/h10,15H,1-9H2. The molecular formula is C12H20N2O3S. The van der Waals surface area contributed by atoms with E-state index < -0.39 is 0 Å². The highest BCUT2D eigenvalue weighted by molar-refractivity contribution is 8.13. The lowest BCUT2D eigenvalue weighted by atomic mass is 9.99. The van der Waals surface area contributed by atoms with Crippen LogP contribution in [0.5, 0.6) is 0 Å². The highest BCUT2D eigenvalue weighted by atomic mass is 32.2. The summed E-state index contributed by atoms with van der Waals surface area (Å²) in [6, 6.07) is 0. The number of hydrogen-bond donors (Lipinski definition) is 1. The molecule has 2 rings (SSSR count). The molecule has 1 atom stereocenters. The van der Waals surface area contributed by atoms with Crippen molar-refractivity contribution in [2.45, 2.75) is 19.3 Å². The first kappa shape index (κ1) is 13.7. The fourth-order valence-corrected chi connectivity index (χ4v) is 3.31. The molecule has 0 radical (unpaired) electrons. The summed E-state index contributed by atoms with van der Waals surface area (Å²) in [4.78, 5) is 27.0. The first-order chi connectivity index (χ1) is 8.70. The average Bonchev–Trinajstić information content (AvgIpc) is 2.81. The van der Waals surface area contributed by atoms with Crippen LogP contribution in [0.4, 0.5) is 4.79 Å². The summed E-state index contributed by atoms with van der Waals surface area (Å²) in [5, 5.41) is 9.23. The number of hydrogen-bond acceptors (Lipinski definition) is 4. The van der Waals surface area contributed by atoms with Gasteiger partial charge in [-0.25, -0.2) is 0 Å². The van der Waals surface area contributed by atoms with E-state index in [1.54, 1.807) is 4.90 Å². The zero-order valence-electron chi connectivity index (χ0n) is 10.5. The number of thioether (sulfide) groups is 1. The fraction of sp³-hybridized carbons (Fsp3) is 0.833. The molecule has 102 valence electrons. The van der Waals surface area contributed by atoms with E-state index in [1.165, 1.54) is 11.8 Å². The molecule has 0 aromatic heterocycles. The molecule has 6 heteroatoms. The summed E-state index contributed by atoms with van der Waals surface area (Å²) in [6.07, 6.45) is 2.38. The van der Waals surface area contributed by atoms with Crippen molar-refractivity contribution in [1.82, 2.24) is 9.80 Å². The van der Waals surface area contributed by atoms with Gasteiger partial charge in [0.1, 0.15) is 0 Å². The van der Waals surface area contributed by atoms with Crippen LogP contribution < -0.4 is 0 Å². The Morgan fingerprint density at radius 2 is 2.28 bits per heavy atom. The summed E-state index contributed by atoms with van der Waals surface area (Å²) >= 11 is 1.33. The number of amides is 2. The Morgan fingerprint density at radius 1 is 1.44 bits per heavy atom. The number of rotatable bonds is 4. The Hall–Kier alpha value is -0.750. The molecule has 0 bridgehead atoms. The summed E-state index contributed by atoms with van der Waals surface area (Å²) < 4.78 is 0. The zero-order valence-corrected chi connectivity index (χ0v) is 11.3. The van der Waals surface area contributed by atoms with Crippen LogP contribution >= 0.6 is 11.8 Å². The van der Waals surface area contributed by atoms with E-state index in [0.29, 0.717) is 19.5 Å². The smallest absolute Gasteiger partial charge is 0.281 e. The topological polar surface area (TPSA) is 60.9 Å². The minimum Gasteiger partial charge on any atom is -0.396 e. The predicted octanol–water partition coefficient (Wildman–Crippen LogP) is 0.776. The molecule has 18 heavy (non-hydrogen) atoms. The van der Waals surface area contributed by atoms with Gasteiger partial charge in [0.05, 0.1) is 0 Å². The van der Waals surface area contributed by atoms with E-state index in [-0.39, 0.29) is 23.7 Å². The molecular weight excluding hydrogens is 252 g/mol. The van der Waals surface area contributed by atoms with Gasteiger partial charge in [-0.3, -0.25) is 9.59 Å². The molecule has 2 amide bonds. The summed E-state index contributed by atoms with van der Waals surface area (Å²) in [5.41, 5.74) is 0. The van der Waals surface area contributed by atoms with Gasteiger partial charge < -0.3 is 14.9 Å². The Bertz CT molecular complexity index is 324. The number of carbonyl (C=O) groups excluding carboxylic acids is 2. The van der Waals surface area contributed by atoms with Crippen LogP contribution in [0.25, 0.3) is 0 Å². The van der Waals surface area contributed by atoms with Crippen LogP contribution in [0, 0.1) is 5.92 Å². The second-order valence-corrected chi connectivity index (χ2v) is 5.93. The first-order valence-corrected chi connectivity index (χ1v) is 7.49. The van der Waals surface area contributed by atoms with Crippen LogP contribution in [0.2, 0.25) is 0 Å². The molecule has 0 saturated carbocycles. The molecule has 2 saturated heterocycles. The van der Waals surface area contributed by atoms with Gasteiger partial charge in [-0.15, -0.1) is 0 Å². The van der Waals surface area contributed by atoms with Crippen molar-refractivity contribution in [3.63, 3.8) is 0 Å². The SMILES string of the molecule is O=C(CCN1CCSC1=O)N1CCCC(CO)C1. The lowest BCUT2D eigenvalue weighted by Gasteiger charge is -2.32. The zero-order chi connectivity index (χ0) is 13.0. The van der Waals surface area contributed by atoms with Crippen molar-refractivity contribution in [1.29, 1.82) is 0 Å². The molecule has 5 nitrogen and oxygen atoms in total. The van der Waals surface area contributed by atoms with Gasteiger partial charge in [0.2, 0.25) is 5.91 Å². The maximum atomic E-state index is 12.0. The molecule has 2 heterocycles. The largest absolute Gasteiger partial charge is 0.396 e. The highest BCUT2D eigenvalue weighted by Crippen LogP contribution is 2.19. The van der Waals surface area contributed by atoms with E-state index in [4.69, 9.17) is 5.11 Å². The molecule has 0 aromatic carbocycles.